The second-order valence-electron chi connectivity index (χ2n) is 6.64. The molecule has 0 saturated carbocycles. The van der Waals surface area contributed by atoms with Crippen LogP contribution in [0.1, 0.15) is 12.6 Å². The number of fused-ring (bicyclic) bond motifs is 1. The topological polar surface area (TPSA) is 258 Å². The number of hydrogen-bond donors (Lipinski definition) is 7. The van der Waals surface area contributed by atoms with Gasteiger partial charge in [-0.3, -0.25) is 18.7 Å². The standard InChI is InChI=1S/C14H20N7O9P/c15-5(11(16)25)1-7(22)20-12-8-13(18-3-17-12)21(4-19-8)14-10(24)9(23)6(30-14)2-29-31(26,27)28/h3-6,9-10,14,23-24H,1-2,15H2,(H2,16,25)(H2,26,27,28)(H,17,18,20,22)/t5-,6+,9+,10+,14+/m0/s1. The van der Waals surface area contributed by atoms with Crippen LogP contribution in [-0.2, 0) is 23.4 Å². The van der Waals surface area contributed by atoms with Crippen LogP contribution in [0.4, 0.5) is 5.82 Å². The molecule has 1 aliphatic heterocycles. The maximum Gasteiger partial charge on any atom is 0.469 e. The van der Waals surface area contributed by atoms with Gasteiger partial charge in [-0.05, 0) is 0 Å². The molecule has 16 nitrogen and oxygen atoms in total. The molecule has 0 aromatic carbocycles. The Kier molecular flexibility index (Phi) is 6.63. The minimum Gasteiger partial charge on any atom is -0.387 e. The van der Waals surface area contributed by atoms with Crippen molar-refractivity contribution < 1.29 is 43.4 Å². The number of aliphatic hydroxyl groups is 2. The highest BCUT2D eigenvalue weighted by Crippen LogP contribution is 2.38. The third-order valence-electron chi connectivity index (χ3n) is 4.41. The number of ether oxygens (including phenoxy) is 1. The van der Waals surface area contributed by atoms with Crippen LogP contribution in [0.5, 0.6) is 0 Å². The van der Waals surface area contributed by atoms with Crippen molar-refractivity contribution in [3.05, 3.63) is 12.7 Å². The van der Waals surface area contributed by atoms with Crippen molar-refractivity contribution in [1.29, 1.82) is 0 Å². The third kappa shape index (κ3) is 5.20. The fraction of sp³-hybridized carbons (Fsp3) is 0.500. The van der Waals surface area contributed by atoms with Gasteiger partial charge in [-0.25, -0.2) is 19.5 Å². The second kappa shape index (κ2) is 8.89. The van der Waals surface area contributed by atoms with Gasteiger partial charge in [-0.1, -0.05) is 0 Å². The number of anilines is 1. The van der Waals surface area contributed by atoms with E-state index in [0.29, 0.717) is 0 Å². The summed E-state index contributed by atoms with van der Waals surface area (Å²) in [5.41, 5.74) is 10.7. The highest BCUT2D eigenvalue weighted by atomic mass is 31.2. The normalized spacial score (nSPS) is 24.9. The predicted molar refractivity (Wildman–Crippen MR) is 99.7 cm³/mol. The fourth-order valence-corrected chi connectivity index (χ4v) is 3.22. The van der Waals surface area contributed by atoms with E-state index in [9.17, 15) is 24.4 Å². The number of aliphatic hydroxyl groups excluding tert-OH is 2. The van der Waals surface area contributed by atoms with Gasteiger partial charge in [0.2, 0.25) is 11.8 Å². The summed E-state index contributed by atoms with van der Waals surface area (Å²) in [6, 6.07) is -1.19. The minimum absolute atomic E-state index is 0.0140. The van der Waals surface area contributed by atoms with E-state index in [2.05, 4.69) is 24.8 Å². The van der Waals surface area contributed by atoms with Crippen LogP contribution in [0.2, 0.25) is 0 Å². The predicted octanol–water partition coefficient (Wildman–Crippen LogP) is -3.30. The Morgan fingerprint density at radius 1 is 1.29 bits per heavy atom. The van der Waals surface area contributed by atoms with Gasteiger partial charge in [0.25, 0.3) is 0 Å². The first-order chi connectivity index (χ1) is 14.5. The Morgan fingerprint density at radius 2 is 2.00 bits per heavy atom. The van der Waals surface area contributed by atoms with Crippen LogP contribution >= 0.6 is 7.82 Å². The van der Waals surface area contributed by atoms with Gasteiger partial charge in [0.15, 0.2) is 23.2 Å². The average Bonchev–Trinajstić information content (AvgIpc) is 3.22. The largest absolute Gasteiger partial charge is 0.469 e. The van der Waals surface area contributed by atoms with Gasteiger partial charge in [0.1, 0.15) is 24.6 Å². The lowest BCUT2D eigenvalue weighted by Crippen LogP contribution is -2.39. The fourth-order valence-electron chi connectivity index (χ4n) is 2.88. The maximum absolute atomic E-state index is 12.1. The van der Waals surface area contributed by atoms with Crippen molar-refractivity contribution in [2.24, 2.45) is 11.5 Å². The van der Waals surface area contributed by atoms with Crippen molar-refractivity contribution in [2.75, 3.05) is 11.9 Å². The van der Waals surface area contributed by atoms with Gasteiger partial charge < -0.3 is 41.5 Å². The van der Waals surface area contributed by atoms with Crippen LogP contribution in [-0.4, -0.2) is 82.3 Å². The van der Waals surface area contributed by atoms with E-state index < -0.39 is 56.8 Å². The summed E-state index contributed by atoms with van der Waals surface area (Å²) in [6.07, 6.45) is -3.60. The Morgan fingerprint density at radius 3 is 2.65 bits per heavy atom. The van der Waals surface area contributed by atoms with Crippen molar-refractivity contribution >= 4 is 36.6 Å². The molecule has 0 spiro atoms. The van der Waals surface area contributed by atoms with Gasteiger partial charge in [-0.2, -0.15) is 0 Å². The van der Waals surface area contributed by atoms with E-state index >= 15 is 0 Å². The molecule has 0 radical (unpaired) electrons. The van der Waals surface area contributed by atoms with Crippen molar-refractivity contribution in [3.8, 4) is 0 Å². The first-order valence-corrected chi connectivity index (χ1v) is 10.2. The Hall–Kier alpha value is -2.56. The zero-order valence-electron chi connectivity index (χ0n) is 15.7. The summed E-state index contributed by atoms with van der Waals surface area (Å²) in [7, 11) is -4.81. The molecular weight excluding hydrogens is 441 g/mol. The summed E-state index contributed by atoms with van der Waals surface area (Å²) in [4.78, 5) is 52.7. The Labute approximate surface area is 173 Å². The molecule has 2 amide bonds. The monoisotopic (exact) mass is 461 g/mol. The van der Waals surface area contributed by atoms with Gasteiger partial charge in [0.05, 0.1) is 25.4 Å². The summed E-state index contributed by atoms with van der Waals surface area (Å²) >= 11 is 0. The van der Waals surface area contributed by atoms with E-state index in [0.717, 1.165) is 6.33 Å². The van der Waals surface area contributed by atoms with Crippen LogP contribution in [0.15, 0.2) is 12.7 Å². The smallest absolute Gasteiger partial charge is 0.387 e. The molecule has 3 heterocycles. The van der Waals surface area contributed by atoms with Gasteiger partial charge in [0, 0.05) is 0 Å². The zero-order valence-corrected chi connectivity index (χ0v) is 16.6. The number of nitrogens with zero attached hydrogens (tertiary/aromatic N) is 4. The molecule has 5 atom stereocenters. The second-order valence-corrected chi connectivity index (χ2v) is 7.88. The molecule has 2 aromatic heterocycles. The maximum atomic E-state index is 12.1. The number of nitrogens with one attached hydrogen (secondary N) is 1. The number of carbonyl (C=O) groups excluding carboxylic acids is 2. The molecule has 170 valence electrons. The van der Waals surface area contributed by atoms with Gasteiger partial charge in [-0.15, -0.1) is 0 Å². The summed E-state index contributed by atoms with van der Waals surface area (Å²) in [5, 5.41) is 22.9. The molecule has 1 fully saturated rings. The lowest BCUT2D eigenvalue weighted by atomic mass is 10.1. The number of hydrogen-bond acceptors (Lipinski definition) is 11. The quantitative estimate of drug-likeness (QED) is 0.190. The van der Waals surface area contributed by atoms with Crippen molar-refractivity contribution in [2.45, 2.75) is 37.0 Å². The average molecular weight is 461 g/mol. The lowest BCUT2D eigenvalue weighted by molar-refractivity contribution is -0.123. The third-order valence-corrected chi connectivity index (χ3v) is 4.89. The molecule has 1 aliphatic rings. The molecule has 0 unspecified atom stereocenters. The highest BCUT2D eigenvalue weighted by molar-refractivity contribution is 7.46. The number of aromatic nitrogens is 4. The lowest BCUT2D eigenvalue weighted by Gasteiger charge is -2.16. The first kappa shape index (κ1) is 23.1. The Balaban J connectivity index is 1.80. The van der Waals surface area contributed by atoms with Crippen LogP contribution in [0, 0.1) is 0 Å². The van der Waals surface area contributed by atoms with E-state index in [1.807, 2.05) is 0 Å². The highest BCUT2D eigenvalue weighted by Gasteiger charge is 2.45. The summed E-state index contributed by atoms with van der Waals surface area (Å²) < 4.78 is 21.9. The van der Waals surface area contributed by atoms with E-state index in [4.69, 9.17) is 26.0 Å². The molecule has 1 saturated heterocycles. The molecule has 31 heavy (non-hydrogen) atoms. The van der Waals surface area contributed by atoms with Crippen LogP contribution in [0.3, 0.4) is 0 Å². The number of imidazole rings is 1. The zero-order chi connectivity index (χ0) is 22.9. The molecule has 2 aromatic rings. The number of nitrogens with two attached hydrogens (primary N) is 2. The number of primary amides is 1. The molecular formula is C14H20N7O9P. The van der Waals surface area contributed by atoms with Crippen LogP contribution in [0.25, 0.3) is 11.2 Å². The number of phosphoric ester groups is 1. The first-order valence-electron chi connectivity index (χ1n) is 8.72. The summed E-state index contributed by atoms with van der Waals surface area (Å²) in [5.74, 6) is -1.52. The molecule has 17 heteroatoms. The SMILES string of the molecule is NC(=O)[C@@H](N)CC(=O)Nc1ncnc2c1ncn2[C@@H]1O[C@H](COP(=O)(O)O)[C@@H](O)[C@H]1O. The molecule has 9 N–H and O–H groups in total. The van der Waals surface area contributed by atoms with Gasteiger partial charge >= 0.3 is 7.82 Å². The van der Waals surface area contributed by atoms with Crippen molar-refractivity contribution in [1.82, 2.24) is 19.5 Å². The number of rotatable bonds is 8. The van der Waals surface area contributed by atoms with Crippen molar-refractivity contribution in [3.63, 3.8) is 0 Å². The number of carbonyl (C=O) groups is 2. The van der Waals surface area contributed by atoms with E-state index in [-0.39, 0.29) is 23.4 Å². The number of amides is 2. The van der Waals surface area contributed by atoms with Crippen LogP contribution < -0.4 is 16.8 Å². The molecule has 0 aliphatic carbocycles. The molecule has 0 bridgehead atoms. The summed E-state index contributed by atoms with van der Waals surface area (Å²) in [6.45, 7) is -0.679. The molecule has 3 rings (SSSR count). The van der Waals surface area contributed by atoms with E-state index in [1.165, 1.54) is 10.9 Å². The number of phosphoric acid groups is 1. The minimum atomic E-state index is -4.81. The Bertz CT molecular complexity index is 1030. The van der Waals surface area contributed by atoms with E-state index in [1.54, 1.807) is 0 Å².